The smallest absolute Gasteiger partial charge is 0.348 e. The van der Waals surface area contributed by atoms with E-state index in [-0.39, 0.29) is 12.0 Å². The molecule has 0 aromatic rings. The fraction of sp³-hybridized carbons (Fsp3) is 0.600. The van der Waals surface area contributed by atoms with Crippen molar-refractivity contribution in [3.63, 3.8) is 0 Å². The Kier molecular flexibility index (Phi) is 2.27. The Balaban J connectivity index is 2.06. The van der Waals surface area contributed by atoms with Crippen molar-refractivity contribution in [1.82, 2.24) is 0 Å². The van der Waals surface area contributed by atoms with Gasteiger partial charge in [0.1, 0.15) is 6.10 Å². The normalized spacial score (nSPS) is 34.9. The van der Waals surface area contributed by atoms with E-state index in [9.17, 15) is 9.59 Å². The van der Waals surface area contributed by atoms with Gasteiger partial charge in [0.25, 0.3) is 0 Å². The van der Waals surface area contributed by atoms with Crippen LogP contribution in [-0.2, 0) is 19.1 Å². The van der Waals surface area contributed by atoms with Crippen LogP contribution in [-0.4, -0.2) is 24.1 Å². The van der Waals surface area contributed by atoms with Crippen LogP contribution in [0.4, 0.5) is 0 Å². The number of hydrogen-bond donors (Lipinski definition) is 0. The first-order chi connectivity index (χ1) is 6.72. The zero-order valence-corrected chi connectivity index (χ0v) is 7.77. The predicted molar refractivity (Wildman–Crippen MR) is 47.3 cm³/mol. The molecule has 1 heterocycles. The van der Waals surface area contributed by atoms with Crippen molar-refractivity contribution < 1.29 is 19.1 Å². The van der Waals surface area contributed by atoms with Crippen molar-refractivity contribution >= 4 is 11.9 Å². The van der Waals surface area contributed by atoms with Crippen molar-refractivity contribution in [1.29, 1.82) is 0 Å². The molecule has 0 N–H and O–H groups in total. The zero-order valence-electron chi connectivity index (χ0n) is 7.77. The van der Waals surface area contributed by atoms with Gasteiger partial charge in [0, 0.05) is 12.0 Å². The van der Waals surface area contributed by atoms with Crippen molar-refractivity contribution in [3.8, 4) is 0 Å². The molecule has 76 valence electrons. The summed E-state index contributed by atoms with van der Waals surface area (Å²) in [7, 11) is 0. The summed E-state index contributed by atoms with van der Waals surface area (Å²) in [6, 6.07) is 0. The van der Waals surface area contributed by atoms with E-state index in [4.69, 9.17) is 9.47 Å². The number of ether oxygens (including phenoxy) is 2. The first-order valence-electron chi connectivity index (χ1n) is 4.76. The van der Waals surface area contributed by atoms with E-state index >= 15 is 0 Å². The molecular formula is C10H12O4. The third-order valence-electron chi connectivity index (χ3n) is 2.80. The Morgan fingerprint density at radius 3 is 3.07 bits per heavy atom. The molecule has 2 fully saturated rings. The topological polar surface area (TPSA) is 52.6 Å². The second-order valence-electron chi connectivity index (χ2n) is 3.63. The summed E-state index contributed by atoms with van der Waals surface area (Å²) in [5, 5.41) is 0. The van der Waals surface area contributed by atoms with Gasteiger partial charge in [-0.2, -0.15) is 0 Å². The Morgan fingerprint density at radius 1 is 1.57 bits per heavy atom. The summed E-state index contributed by atoms with van der Waals surface area (Å²) >= 11 is 0. The zero-order chi connectivity index (χ0) is 10.1. The molecule has 0 aromatic carbocycles. The first-order valence-corrected chi connectivity index (χ1v) is 4.76. The van der Waals surface area contributed by atoms with Crippen LogP contribution in [0, 0.1) is 5.92 Å². The molecule has 0 radical (unpaired) electrons. The van der Waals surface area contributed by atoms with E-state index in [0.29, 0.717) is 0 Å². The average molecular weight is 196 g/mol. The third-order valence-corrected chi connectivity index (χ3v) is 2.80. The van der Waals surface area contributed by atoms with Crippen LogP contribution >= 0.6 is 0 Å². The molecule has 1 saturated heterocycles. The van der Waals surface area contributed by atoms with E-state index in [0.717, 1.165) is 25.3 Å². The molecule has 3 atom stereocenters. The maximum atomic E-state index is 11.3. The molecule has 0 spiro atoms. The van der Waals surface area contributed by atoms with E-state index in [1.54, 1.807) is 0 Å². The summed E-state index contributed by atoms with van der Waals surface area (Å²) < 4.78 is 10.0. The first kappa shape index (κ1) is 9.24. The maximum Gasteiger partial charge on any atom is 0.348 e. The van der Waals surface area contributed by atoms with Crippen LogP contribution < -0.4 is 0 Å². The lowest BCUT2D eigenvalue weighted by Gasteiger charge is -2.12. The van der Waals surface area contributed by atoms with Gasteiger partial charge in [-0.05, 0) is 19.3 Å². The summed E-state index contributed by atoms with van der Waals surface area (Å²) in [6.07, 6.45) is 3.14. The summed E-state index contributed by atoms with van der Waals surface area (Å²) in [4.78, 5) is 22.3. The number of carbonyl (C=O) groups excluding carboxylic acids is 2. The molecule has 1 aliphatic carbocycles. The lowest BCUT2D eigenvalue weighted by molar-refractivity contribution is -0.159. The standard InChI is InChI=1S/C10H12O4/c1-2-8(11)14-9-6-4-3-5-7(6)13-10(9)12/h2,6-7,9H,1,3-5H2. The maximum absolute atomic E-state index is 11.3. The van der Waals surface area contributed by atoms with Gasteiger partial charge in [-0.1, -0.05) is 6.58 Å². The number of esters is 2. The molecule has 1 aliphatic heterocycles. The van der Waals surface area contributed by atoms with Crippen LogP contribution in [0.3, 0.4) is 0 Å². The van der Waals surface area contributed by atoms with Crippen LogP contribution in [0.25, 0.3) is 0 Å². The lowest BCUT2D eigenvalue weighted by Crippen LogP contribution is -2.28. The largest absolute Gasteiger partial charge is 0.459 e. The molecule has 0 bridgehead atoms. The minimum absolute atomic E-state index is 0.0369. The molecule has 1 saturated carbocycles. The van der Waals surface area contributed by atoms with Crippen LogP contribution in [0.15, 0.2) is 12.7 Å². The fourth-order valence-electron chi connectivity index (χ4n) is 2.15. The Hall–Kier alpha value is -1.32. The van der Waals surface area contributed by atoms with Gasteiger partial charge in [-0.25, -0.2) is 9.59 Å². The van der Waals surface area contributed by atoms with Gasteiger partial charge in [0.05, 0.1) is 0 Å². The summed E-state index contributed by atoms with van der Waals surface area (Å²) in [6.45, 7) is 3.29. The van der Waals surface area contributed by atoms with Crippen LogP contribution in [0.5, 0.6) is 0 Å². The SMILES string of the molecule is C=CC(=O)OC1C(=O)OC2CCCC21. The molecule has 0 amide bonds. The lowest BCUT2D eigenvalue weighted by atomic mass is 10.0. The third kappa shape index (κ3) is 1.41. The number of fused-ring (bicyclic) bond motifs is 1. The average Bonchev–Trinajstić information content (AvgIpc) is 2.70. The molecule has 0 aromatic heterocycles. The van der Waals surface area contributed by atoms with E-state index < -0.39 is 18.0 Å². The molecule has 14 heavy (non-hydrogen) atoms. The number of rotatable bonds is 2. The number of carbonyl (C=O) groups is 2. The highest BCUT2D eigenvalue weighted by molar-refractivity contribution is 5.86. The van der Waals surface area contributed by atoms with Crippen molar-refractivity contribution in [2.75, 3.05) is 0 Å². The minimum atomic E-state index is -0.701. The van der Waals surface area contributed by atoms with Gasteiger partial charge >= 0.3 is 11.9 Å². The fourth-order valence-corrected chi connectivity index (χ4v) is 2.15. The van der Waals surface area contributed by atoms with E-state index in [1.807, 2.05) is 0 Å². The second-order valence-corrected chi connectivity index (χ2v) is 3.63. The highest BCUT2D eigenvalue weighted by atomic mass is 16.6. The predicted octanol–water partition coefficient (Wildman–Crippen LogP) is 0.810. The van der Waals surface area contributed by atoms with Gasteiger partial charge in [0.2, 0.25) is 6.10 Å². The number of hydrogen-bond acceptors (Lipinski definition) is 4. The quantitative estimate of drug-likeness (QED) is 0.484. The van der Waals surface area contributed by atoms with Gasteiger partial charge in [-0.3, -0.25) is 0 Å². The Bertz CT molecular complexity index is 284. The Labute approximate surface area is 81.9 Å². The Morgan fingerprint density at radius 2 is 2.36 bits per heavy atom. The molecule has 2 rings (SSSR count). The monoisotopic (exact) mass is 196 g/mol. The van der Waals surface area contributed by atoms with Gasteiger partial charge in [-0.15, -0.1) is 0 Å². The van der Waals surface area contributed by atoms with Crippen molar-refractivity contribution in [2.24, 2.45) is 5.92 Å². The van der Waals surface area contributed by atoms with Crippen LogP contribution in [0.1, 0.15) is 19.3 Å². The molecule has 2 aliphatic rings. The second kappa shape index (κ2) is 3.44. The van der Waals surface area contributed by atoms with Gasteiger partial charge < -0.3 is 9.47 Å². The summed E-state index contributed by atoms with van der Waals surface area (Å²) in [5.74, 6) is -0.902. The van der Waals surface area contributed by atoms with Crippen LogP contribution in [0.2, 0.25) is 0 Å². The molecule has 4 nitrogen and oxygen atoms in total. The minimum Gasteiger partial charge on any atom is -0.459 e. The molecule has 4 heteroatoms. The van der Waals surface area contributed by atoms with Crippen molar-refractivity contribution in [3.05, 3.63) is 12.7 Å². The molecular weight excluding hydrogens is 184 g/mol. The van der Waals surface area contributed by atoms with Gasteiger partial charge in [0.15, 0.2) is 0 Å². The highest BCUT2D eigenvalue weighted by Gasteiger charge is 2.49. The highest BCUT2D eigenvalue weighted by Crippen LogP contribution is 2.38. The molecule has 3 unspecified atom stereocenters. The summed E-state index contributed by atoms with van der Waals surface area (Å²) in [5.41, 5.74) is 0. The van der Waals surface area contributed by atoms with Crippen molar-refractivity contribution in [2.45, 2.75) is 31.5 Å². The van der Waals surface area contributed by atoms with E-state index in [1.165, 1.54) is 0 Å². The van der Waals surface area contributed by atoms with E-state index in [2.05, 4.69) is 6.58 Å².